The highest BCUT2D eigenvalue weighted by molar-refractivity contribution is 5.80. The van der Waals surface area contributed by atoms with E-state index in [0.29, 0.717) is 12.8 Å². The number of esters is 1. The Kier molecular flexibility index (Phi) is 47.6. The lowest BCUT2D eigenvalue weighted by molar-refractivity contribution is -0.305. The number of aliphatic hydroxyl groups is 5. The van der Waals surface area contributed by atoms with E-state index in [0.717, 1.165) is 116 Å². The molecule has 6 N–H and O–H groups in total. The summed E-state index contributed by atoms with van der Waals surface area (Å²) in [4.78, 5) is 26.5. The number of rotatable bonds is 49. The maximum absolute atomic E-state index is 13.4. The minimum atomic E-state index is -1.63. The summed E-state index contributed by atoms with van der Waals surface area (Å²) in [7, 11) is 0. The fourth-order valence-corrected chi connectivity index (χ4v) is 8.71. The van der Waals surface area contributed by atoms with Gasteiger partial charge in [-0.1, -0.05) is 221 Å². The number of hydrogen-bond donors (Lipinski definition) is 6. The van der Waals surface area contributed by atoms with Gasteiger partial charge in [-0.3, -0.25) is 9.59 Å². The van der Waals surface area contributed by atoms with Gasteiger partial charge >= 0.3 is 5.97 Å². The Bertz CT molecular complexity index is 1580. The summed E-state index contributed by atoms with van der Waals surface area (Å²) in [5.41, 5.74) is 0. The molecule has 8 unspecified atom stereocenters. The predicted molar refractivity (Wildman–Crippen MR) is 310 cm³/mol. The lowest BCUT2D eigenvalue weighted by Crippen LogP contribution is -2.61. The van der Waals surface area contributed by atoms with Crippen molar-refractivity contribution in [2.75, 3.05) is 13.2 Å². The number of allylic oxidation sites excluding steroid dienone is 15. The minimum absolute atomic E-state index is 0.0904. The van der Waals surface area contributed by atoms with Gasteiger partial charge in [-0.25, -0.2) is 0 Å². The molecule has 1 amide bonds. The summed E-state index contributed by atoms with van der Waals surface area (Å²) in [6, 6.07) is -1.04. The average Bonchev–Trinajstić information content (AvgIpc) is 3.41. The number of aliphatic hydroxyl groups excluding tert-OH is 5. The lowest BCUT2D eigenvalue weighted by Gasteiger charge is -2.41. The zero-order valence-corrected chi connectivity index (χ0v) is 47.4. The molecule has 0 bridgehead atoms. The van der Waals surface area contributed by atoms with Gasteiger partial charge in [-0.15, -0.1) is 0 Å². The van der Waals surface area contributed by atoms with Crippen LogP contribution in [0.25, 0.3) is 0 Å². The molecule has 0 saturated carbocycles. The molecule has 430 valence electrons. The van der Waals surface area contributed by atoms with Crippen LogP contribution in [-0.4, -0.2) is 99.6 Å². The molecule has 1 saturated heterocycles. The number of carbonyl (C=O) groups is 2. The molecular formula is C64H109NO10. The number of carbonyl (C=O) groups excluding carboxylic acids is 2. The molecule has 0 aliphatic carbocycles. The van der Waals surface area contributed by atoms with Crippen molar-refractivity contribution in [2.24, 2.45) is 0 Å². The first-order valence-electron chi connectivity index (χ1n) is 30.0. The molecule has 75 heavy (non-hydrogen) atoms. The van der Waals surface area contributed by atoms with Crippen molar-refractivity contribution in [1.82, 2.24) is 5.32 Å². The summed E-state index contributed by atoms with van der Waals surface area (Å²) in [6.45, 7) is 5.60. The SMILES string of the molecule is CC/C=C/C/C=C/C/C=C/CCCCCCC(=O)OC1C(OCC(NC(=O)C(O)CCCCCC/C=C\C/C=C\C/C=C\C/C=C\CCCCC)C(O)/C=C/CCCCCCCCCCCC)OC(CO)C(O)C1O. The summed E-state index contributed by atoms with van der Waals surface area (Å²) < 4.78 is 17.6. The van der Waals surface area contributed by atoms with E-state index in [2.05, 4.69) is 111 Å². The molecular weight excluding hydrogens is 943 g/mol. The van der Waals surface area contributed by atoms with E-state index in [4.69, 9.17) is 14.2 Å². The second kappa shape index (κ2) is 51.3. The quantitative estimate of drug-likeness (QED) is 0.0195. The van der Waals surface area contributed by atoms with Crippen LogP contribution in [-0.2, 0) is 23.8 Å². The van der Waals surface area contributed by atoms with Gasteiger partial charge in [0.15, 0.2) is 12.4 Å². The third-order valence-electron chi connectivity index (χ3n) is 13.5. The van der Waals surface area contributed by atoms with Gasteiger partial charge in [-0.2, -0.15) is 0 Å². The molecule has 1 heterocycles. The smallest absolute Gasteiger partial charge is 0.306 e. The molecule has 8 atom stereocenters. The molecule has 11 nitrogen and oxygen atoms in total. The Morgan fingerprint density at radius 2 is 0.960 bits per heavy atom. The van der Waals surface area contributed by atoms with Crippen molar-refractivity contribution in [3.8, 4) is 0 Å². The first-order chi connectivity index (χ1) is 36.7. The highest BCUT2D eigenvalue weighted by Gasteiger charge is 2.47. The van der Waals surface area contributed by atoms with E-state index in [9.17, 15) is 35.1 Å². The Morgan fingerprint density at radius 1 is 0.533 bits per heavy atom. The molecule has 0 aromatic rings. The molecule has 11 heteroatoms. The third kappa shape index (κ3) is 39.6. The van der Waals surface area contributed by atoms with E-state index >= 15 is 0 Å². The topological polar surface area (TPSA) is 175 Å². The van der Waals surface area contributed by atoms with Crippen molar-refractivity contribution in [3.63, 3.8) is 0 Å². The van der Waals surface area contributed by atoms with Gasteiger partial charge in [-0.05, 0) is 103 Å². The van der Waals surface area contributed by atoms with Gasteiger partial charge in [0.25, 0.3) is 0 Å². The van der Waals surface area contributed by atoms with E-state index in [1.54, 1.807) is 6.08 Å². The number of nitrogens with one attached hydrogen (secondary N) is 1. The van der Waals surface area contributed by atoms with Crippen LogP contribution in [0.4, 0.5) is 0 Å². The van der Waals surface area contributed by atoms with Crippen LogP contribution >= 0.6 is 0 Å². The molecule has 0 radical (unpaired) electrons. The highest BCUT2D eigenvalue weighted by atomic mass is 16.7. The fraction of sp³-hybridized carbons (Fsp3) is 0.719. The van der Waals surface area contributed by atoms with Crippen LogP contribution in [0.5, 0.6) is 0 Å². The monoisotopic (exact) mass is 1050 g/mol. The van der Waals surface area contributed by atoms with Crippen molar-refractivity contribution >= 4 is 11.9 Å². The molecule has 0 aromatic carbocycles. The number of hydrogen-bond acceptors (Lipinski definition) is 10. The van der Waals surface area contributed by atoms with Gasteiger partial charge in [0, 0.05) is 6.42 Å². The van der Waals surface area contributed by atoms with Crippen LogP contribution < -0.4 is 5.32 Å². The van der Waals surface area contributed by atoms with Gasteiger partial charge in [0.05, 0.1) is 25.4 Å². The Hall–Kier alpha value is -3.42. The third-order valence-corrected chi connectivity index (χ3v) is 13.5. The average molecular weight is 1050 g/mol. The number of unbranched alkanes of at least 4 members (excludes halogenated alkanes) is 21. The molecule has 1 rings (SSSR count). The van der Waals surface area contributed by atoms with Gasteiger partial charge in [0.1, 0.15) is 24.4 Å². The molecule has 1 aliphatic heterocycles. The maximum atomic E-state index is 13.4. The van der Waals surface area contributed by atoms with Crippen molar-refractivity contribution in [3.05, 3.63) is 97.2 Å². The summed E-state index contributed by atoms with van der Waals surface area (Å²) in [5.74, 6) is -1.24. The van der Waals surface area contributed by atoms with E-state index in [1.807, 2.05) is 6.08 Å². The normalized spacial score (nSPS) is 19.9. The van der Waals surface area contributed by atoms with Crippen molar-refractivity contribution in [2.45, 2.75) is 282 Å². The first kappa shape index (κ1) is 69.6. The predicted octanol–water partition coefficient (Wildman–Crippen LogP) is 13.9. The second-order valence-corrected chi connectivity index (χ2v) is 20.3. The van der Waals surface area contributed by atoms with Gasteiger partial charge < -0.3 is 45.1 Å². The van der Waals surface area contributed by atoms with E-state index in [-0.39, 0.29) is 19.4 Å². The zero-order valence-electron chi connectivity index (χ0n) is 47.4. The molecule has 0 spiro atoms. The van der Waals surface area contributed by atoms with Crippen LogP contribution in [0.3, 0.4) is 0 Å². The van der Waals surface area contributed by atoms with E-state index < -0.39 is 67.4 Å². The molecule has 0 aromatic heterocycles. The number of amides is 1. The molecule has 1 fully saturated rings. The Balaban J connectivity index is 2.73. The van der Waals surface area contributed by atoms with Crippen LogP contribution in [0.15, 0.2) is 97.2 Å². The van der Waals surface area contributed by atoms with Crippen LogP contribution in [0.1, 0.15) is 233 Å². The Morgan fingerprint density at radius 3 is 1.47 bits per heavy atom. The van der Waals surface area contributed by atoms with Crippen LogP contribution in [0, 0.1) is 0 Å². The van der Waals surface area contributed by atoms with Crippen LogP contribution in [0.2, 0.25) is 0 Å². The van der Waals surface area contributed by atoms with Crippen molar-refractivity contribution in [1.29, 1.82) is 0 Å². The summed E-state index contributed by atoms with van der Waals surface area (Å²) in [5, 5.41) is 56.9. The maximum Gasteiger partial charge on any atom is 0.306 e. The number of ether oxygens (including phenoxy) is 3. The fourth-order valence-electron chi connectivity index (χ4n) is 8.71. The standard InChI is InChI=1S/C64H109NO10/c1-4-7-10-13-16-19-22-25-27-28-29-30-31-32-33-36-39-42-45-48-51-57(68)63(72)65-55(56(67)50-47-44-41-38-35-24-21-18-15-12-9-6-3)54-73-64-62(61(71)60(70)58(53-66)74-64)75-59(69)52-49-46-43-40-37-34-26-23-20-17-14-11-8-5-2/h8,11,16-17,19-20,25-27,29-30,32-34,47,50,55-58,60-62,64,66-68,70-71H,4-7,9-10,12-15,18,21-24,28,31,35-46,48-49,51-54H2,1-3H3,(H,65,72)/b11-8+,19-16-,20-17+,27-25-,30-29-,33-32-,34-26+,50-47+. The zero-order chi connectivity index (χ0) is 54.7. The lowest BCUT2D eigenvalue weighted by atomic mass is 9.99. The second-order valence-electron chi connectivity index (χ2n) is 20.3. The molecule has 1 aliphatic rings. The first-order valence-corrected chi connectivity index (χ1v) is 30.0. The minimum Gasteiger partial charge on any atom is -0.454 e. The largest absolute Gasteiger partial charge is 0.454 e. The van der Waals surface area contributed by atoms with E-state index in [1.165, 1.54) is 70.6 Å². The van der Waals surface area contributed by atoms with Gasteiger partial charge in [0.2, 0.25) is 5.91 Å². The summed E-state index contributed by atoms with van der Waals surface area (Å²) in [6.07, 6.45) is 57.3. The highest BCUT2D eigenvalue weighted by Crippen LogP contribution is 2.26. The van der Waals surface area contributed by atoms with Crippen molar-refractivity contribution < 1.29 is 49.3 Å². The Labute approximate surface area is 456 Å². The summed E-state index contributed by atoms with van der Waals surface area (Å²) >= 11 is 0.